The molecule has 3 rings (SSSR count). The Kier molecular flexibility index (Phi) is 4.88. The second kappa shape index (κ2) is 7.11. The van der Waals surface area contributed by atoms with Gasteiger partial charge < -0.3 is 15.0 Å². The van der Waals surface area contributed by atoms with Gasteiger partial charge in [-0.15, -0.1) is 0 Å². The van der Waals surface area contributed by atoms with Crippen molar-refractivity contribution in [1.82, 2.24) is 4.90 Å². The van der Waals surface area contributed by atoms with Crippen molar-refractivity contribution in [2.24, 2.45) is 0 Å². The second-order valence-corrected chi connectivity index (χ2v) is 6.20. The highest BCUT2D eigenvalue weighted by molar-refractivity contribution is 6.01. The fourth-order valence-corrected chi connectivity index (χ4v) is 3.08. The van der Waals surface area contributed by atoms with Crippen molar-refractivity contribution < 1.29 is 23.1 Å². The Balaban J connectivity index is 1.81. The Hall–Kier alpha value is -2.96. The van der Waals surface area contributed by atoms with Gasteiger partial charge >= 0.3 is 0 Å². The first-order valence-electron chi connectivity index (χ1n) is 8.05. The summed E-state index contributed by atoms with van der Waals surface area (Å²) in [7, 11) is 2.96. The highest BCUT2D eigenvalue weighted by Crippen LogP contribution is 2.34. The van der Waals surface area contributed by atoms with E-state index in [1.165, 1.54) is 42.3 Å². The fourth-order valence-electron chi connectivity index (χ4n) is 3.08. The Morgan fingerprint density at radius 3 is 2.73 bits per heavy atom. The van der Waals surface area contributed by atoms with Crippen LogP contribution in [0.1, 0.15) is 23.5 Å². The van der Waals surface area contributed by atoms with Crippen LogP contribution in [0, 0.1) is 11.6 Å². The number of rotatable bonds is 4. The van der Waals surface area contributed by atoms with Crippen LogP contribution in [0.15, 0.2) is 36.4 Å². The zero-order valence-corrected chi connectivity index (χ0v) is 14.4. The number of amides is 2. The van der Waals surface area contributed by atoms with E-state index >= 15 is 0 Å². The number of halogens is 2. The molecule has 1 heterocycles. The van der Waals surface area contributed by atoms with Gasteiger partial charge in [0.05, 0.1) is 13.0 Å². The van der Waals surface area contributed by atoms with E-state index in [1.807, 2.05) is 0 Å². The van der Waals surface area contributed by atoms with Gasteiger partial charge in [-0.1, -0.05) is 12.1 Å². The topological polar surface area (TPSA) is 58.6 Å². The summed E-state index contributed by atoms with van der Waals surface area (Å²) >= 11 is 0. The molecule has 0 fully saturated rings. The van der Waals surface area contributed by atoms with Crippen LogP contribution in [0.5, 0.6) is 5.75 Å². The van der Waals surface area contributed by atoms with Gasteiger partial charge in [-0.05, 0) is 35.4 Å². The molecule has 136 valence electrons. The molecule has 1 aliphatic heterocycles. The minimum atomic E-state index is -0.701. The molecular formula is C19H18F2N2O3. The lowest BCUT2D eigenvalue weighted by molar-refractivity contribution is -0.134. The lowest BCUT2D eigenvalue weighted by atomic mass is 9.89. The van der Waals surface area contributed by atoms with Crippen molar-refractivity contribution in [3.8, 4) is 5.75 Å². The number of nitrogens with zero attached hydrogens (tertiary/aromatic N) is 1. The average Bonchev–Trinajstić information content (AvgIpc) is 2.60. The minimum absolute atomic E-state index is 0.0151. The molecule has 0 saturated heterocycles. The van der Waals surface area contributed by atoms with Crippen LogP contribution in [0.4, 0.5) is 14.5 Å². The van der Waals surface area contributed by atoms with Crippen molar-refractivity contribution >= 4 is 17.5 Å². The normalized spacial score (nSPS) is 15.8. The number of likely N-dealkylation sites (N-methyl/N-ethyl adjacent to an activating group) is 1. The Bertz CT molecular complexity index is 870. The molecule has 0 bridgehead atoms. The molecule has 26 heavy (non-hydrogen) atoms. The summed E-state index contributed by atoms with van der Waals surface area (Å²) in [5.74, 6) is -2.20. The Morgan fingerprint density at radius 1 is 1.27 bits per heavy atom. The van der Waals surface area contributed by atoms with E-state index < -0.39 is 17.6 Å². The molecule has 0 saturated carbocycles. The molecule has 2 aromatic carbocycles. The van der Waals surface area contributed by atoms with Crippen LogP contribution < -0.4 is 10.1 Å². The van der Waals surface area contributed by atoms with Crippen molar-refractivity contribution in [1.29, 1.82) is 0 Å². The van der Waals surface area contributed by atoms with Crippen molar-refractivity contribution in [2.45, 2.75) is 18.9 Å². The maximum atomic E-state index is 13.8. The highest BCUT2D eigenvalue weighted by Gasteiger charge is 2.32. The van der Waals surface area contributed by atoms with Gasteiger partial charge in [0.15, 0.2) is 11.6 Å². The van der Waals surface area contributed by atoms with Gasteiger partial charge in [0.2, 0.25) is 11.8 Å². The summed E-state index contributed by atoms with van der Waals surface area (Å²) in [5, 5.41) is 2.58. The molecule has 0 aliphatic carbocycles. The molecule has 7 heteroatoms. The predicted molar refractivity (Wildman–Crippen MR) is 91.8 cm³/mol. The highest BCUT2D eigenvalue weighted by atomic mass is 19.1. The third-order valence-electron chi connectivity index (χ3n) is 4.36. The number of methoxy groups -OCH3 is 1. The zero-order valence-electron chi connectivity index (χ0n) is 14.4. The first-order chi connectivity index (χ1) is 12.4. The van der Waals surface area contributed by atoms with E-state index in [2.05, 4.69) is 5.32 Å². The van der Waals surface area contributed by atoms with Gasteiger partial charge in [0.25, 0.3) is 0 Å². The van der Waals surface area contributed by atoms with Gasteiger partial charge in [-0.2, -0.15) is 0 Å². The predicted octanol–water partition coefficient (Wildman–Crippen LogP) is 3.06. The van der Waals surface area contributed by atoms with E-state index in [0.717, 1.165) is 0 Å². The van der Waals surface area contributed by atoms with E-state index in [9.17, 15) is 18.4 Å². The van der Waals surface area contributed by atoms with Crippen LogP contribution in [-0.2, 0) is 16.1 Å². The molecule has 2 aromatic rings. The monoisotopic (exact) mass is 360 g/mol. The summed E-state index contributed by atoms with van der Waals surface area (Å²) in [6, 6.07) is 8.44. The smallest absolute Gasteiger partial charge is 0.230 e. The van der Waals surface area contributed by atoms with Crippen LogP contribution >= 0.6 is 0 Å². The Labute approximate surface area is 149 Å². The number of carbonyl (C=O) groups is 2. The molecule has 1 aliphatic rings. The van der Waals surface area contributed by atoms with Gasteiger partial charge in [0, 0.05) is 25.7 Å². The number of anilines is 1. The molecule has 1 N–H and O–H groups in total. The molecular weight excluding hydrogens is 342 g/mol. The average molecular weight is 360 g/mol. The van der Waals surface area contributed by atoms with Crippen LogP contribution in [0.25, 0.3) is 0 Å². The maximum Gasteiger partial charge on any atom is 0.230 e. The molecule has 0 aromatic heterocycles. The quantitative estimate of drug-likeness (QED) is 0.912. The third kappa shape index (κ3) is 3.51. The van der Waals surface area contributed by atoms with Crippen LogP contribution in [-0.4, -0.2) is 30.9 Å². The van der Waals surface area contributed by atoms with Crippen molar-refractivity contribution in [2.75, 3.05) is 19.5 Å². The zero-order chi connectivity index (χ0) is 18.8. The van der Waals surface area contributed by atoms with Gasteiger partial charge in [-0.3, -0.25) is 9.59 Å². The van der Waals surface area contributed by atoms with E-state index in [-0.39, 0.29) is 30.5 Å². The lowest BCUT2D eigenvalue weighted by Gasteiger charge is -2.28. The Morgan fingerprint density at radius 2 is 2.04 bits per heavy atom. The number of hydrogen-bond acceptors (Lipinski definition) is 3. The maximum absolute atomic E-state index is 13.8. The summed E-state index contributed by atoms with van der Waals surface area (Å²) in [6.07, 6.45) is -0.0151. The number of ether oxygens (including phenoxy) is 1. The van der Waals surface area contributed by atoms with Crippen LogP contribution in [0.3, 0.4) is 0 Å². The largest absolute Gasteiger partial charge is 0.494 e. The molecule has 1 atom stereocenters. The molecule has 5 nitrogen and oxygen atoms in total. The second-order valence-electron chi connectivity index (χ2n) is 6.20. The summed E-state index contributed by atoms with van der Waals surface area (Å²) in [5.41, 5.74) is 1.48. The standard InChI is InChI=1S/C19H18F2N2O3/c1-23(10-11-3-6-17(26-2)15(21)7-11)19(25)14-9-18(24)22-16-8-12(20)4-5-13(14)16/h3-8,14H,9-10H2,1-2H3,(H,22,24). The summed E-state index contributed by atoms with van der Waals surface area (Å²) < 4.78 is 32.1. The lowest BCUT2D eigenvalue weighted by Crippen LogP contribution is -2.36. The molecule has 0 spiro atoms. The number of benzene rings is 2. The first-order valence-corrected chi connectivity index (χ1v) is 8.05. The molecule has 2 amide bonds. The minimum Gasteiger partial charge on any atom is -0.494 e. The number of hydrogen-bond donors (Lipinski definition) is 1. The fraction of sp³-hybridized carbons (Fsp3) is 0.263. The van der Waals surface area contributed by atoms with E-state index in [4.69, 9.17) is 4.74 Å². The third-order valence-corrected chi connectivity index (χ3v) is 4.36. The molecule has 0 radical (unpaired) electrons. The van der Waals surface area contributed by atoms with E-state index in [0.29, 0.717) is 16.8 Å². The van der Waals surface area contributed by atoms with E-state index in [1.54, 1.807) is 13.1 Å². The molecule has 1 unspecified atom stereocenters. The van der Waals surface area contributed by atoms with Gasteiger partial charge in [-0.25, -0.2) is 8.78 Å². The number of carbonyl (C=O) groups excluding carboxylic acids is 2. The van der Waals surface area contributed by atoms with Gasteiger partial charge in [0.1, 0.15) is 5.82 Å². The summed E-state index contributed by atoms with van der Waals surface area (Å²) in [6.45, 7) is 0.175. The first kappa shape index (κ1) is 17.8. The van der Waals surface area contributed by atoms with Crippen molar-refractivity contribution in [3.05, 3.63) is 59.2 Å². The summed E-state index contributed by atoms with van der Waals surface area (Å²) in [4.78, 5) is 26.1. The SMILES string of the molecule is COc1ccc(CN(C)C(=O)C2CC(=O)Nc3cc(F)ccc32)cc1F. The number of nitrogens with one attached hydrogen (secondary N) is 1. The van der Waals surface area contributed by atoms with Crippen molar-refractivity contribution in [3.63, 3.8) is 0 Å². The number of fused-ring (bicyclic) bond motifs is 1. The van der Waals surface area contributed by atoms with Crippen LogP contribution in [0.2, 0.25) is 0 Å².